The van der Waals surface area contributed by atoms with Gasteiger partial charge < -0.3 is 9.64 Å². The maximum absolute atomic E-state index is 12.2. The van der Waals surface area contributed by atoms with Crippen LogP contribution in [0.3, 0.4) is 0 Å². The lowest BCUT2D eigenvalue weighted by Gasteiger charge is -2.21. The first-order valence-electron chi connectivity index (χ1n) is 7.73. The number of sulfonamides is 1. The molecule has 0 spiro atoms. The zero-order chi connectivity index (χ0) is 17.3. The predicted octanol–water partition coefficient (Wildman–Crippen LogP) is 1.41. The van der Waals surface area contributed by atoms with Crippen molar-refractivity contribution in [3.8, 4) is 0 Å². The van der Waals surface area contributed by atoms with E-state index in [0.717, 1.165) is 18.4 Å². The molecule has 0 saturated carbocycles. The molecule has 0 aromatic heterocycles. The van der Waals surface area contributed by atoms with E-state index in [1.807, 2.05) is 6.92 Å². The summed E-state index contributed by atoms with van der Waals surface area (Å²) >= 11 is 0. The second kappa shape index (κ2) is 9.64. The minimum atomic E-state index is -3.54. The second-order valence-corrected chi connectivity index (χ2v) is 7.01. The van der Waals surface area contributed by atoms with Gasteiger partial charge in [0.25, 0.3) is 0 Å². The normalized spacial score (nSPS) is 11.4. The van der Waals surface area contributed by atoms with Crippen molar-refractivity contribution in [2.75, 3.05) is 33.4 Å². The first-order chi connectivity index (χ1) is 10.9. The Morgan fingerprint density at radius 2 is 1.87 bits per heavy atom. The molecule has 0 aliphatic carbocycles. The molecule has 0 saturated heterocycles. The van der Waals surface area contributed by atoms with Crippen LogP contribution in [-0.2, 0) is 26.0 Å². The van der Waals surface area contributed by atoms with Crippen LogP contribution in [0.1, 0.15) is 25.8 Å². The van der Waals surface area contributed by atoms with Gasteiger partial charge >= 0.3 is 0 Å². The zero-order valence-corrected chi connectivity index (χ0v) is 14.9. The average molecular weight is 342 g/mol. The van der Waals surface area contributed by atoms with Crippen LogP contribution in [-0.4, -0.2) is 52.6 Å². The monoisotopic (exact) mass is 342 g/mol. The fourth-order valence-corrected chi connectivity index (χ4v) is 3.15. The smallest absolute Gasteiger partial charge is 0.240 e. The van der Waals surface area contributed by atoms with Gasteiger partial charge in [-0.05, 0) is 30.5 Å². The van der Waals surface area contributed by atoms with E-state index in [0.29, 0.717) is 19.7 Å². The number of methoxy groups -OCH3 is 1. The summed E-state index contributed by atoms with van der Waals surface area (Å²) < 4.78 is 31.9. The SMILES string of the molecule is CCc1ccc(S(=O)(=O)NCCN(CCCOC)C(C)=O)cc1. The molecule has 6 nitrogen and oxygen atoms in total. The average Bonchev–Trinajstić information content (AvgIpc) is 2.53. The first-order valence-corrected chi connectivity index (χ1v) is 9.22. The van der Waals surface area contributed by atoms with Gasteiger partial charge in [-0.15, -0.1) is 0 Å². The molecular weight excluding hydrogens is 316 g/mol. The molecule has 1 rings (SSSR count). The Morgan fingerprint density at radius 3 is 2.39 bits per heavy atom. The second-order valence-electron chi connectivity index (χ2n) is 5.25. The topological polar surface area (TPSA) is 75.7 Å². The third-order valence-electron chi connectivity index (χ3n) is 3.54. The Balaban J connectivity index is 2.55. The molecule has 23 heavy (non-hydrogen) atoms. The van der Waals surface area contributed by atoms with Crippen LogP contribution >= 0.6 is 0 Å². The summed E-state index contributed by atoms with van der Waals surface area (Å²) in [7, 11) is -1.94. The molecule has 0 aliphatic rings. The molecule has 7 heteroatoms. The van der Waals surface area contributed by atoms with E-state index >= 15 is 0 Å². The first kappa shape index (κ1) is 19.6. The quantitative estimate of drug-likeness (QED) is 0.652. The lowest BCUT2D eigenvalue weighted by atomic mass is 10.2. The third kappa shape index (κ3) is 6.68. The molecule has 1 N–H and O–H groups in total. The summed E-state index contributed by atoms with van der Waals surface area (Å²) in [6.07, 6.45) is 1.59. The maximum atomic E-state index is 12.2. The Morgan fingerprint density at radius 1 is 1.22 bits per heavy atom. The number of benzene rings is 1. The van der Waals surface area contributed by atoms with Gasteiger partial charge in [0.2, 0.25) is 15.9 Å². The fourth-order valence-electron chi connectivity index (χ4n) is 2.13. The van der Waals surface area contributed by atoms with E-state index in [9.17, 15) is 13.2 Å². The number of carbonyl (C=O) groups is 1. The van der Waals surface area contributed by atoms with Crippen molar-refractivity contribution in [3.63, 3.8) is 0 Å². The molecular formula is C16H26N2O4S. The van der Waals surface area contributed by atoms with Crippen LogP contribution in [0.5, 0.6) is 0 Å². The molecule has 1 amide bonds. The molecule has 1 aromatic carbocycles. The minimum Gasteiger partial charge on any atom is -0.385 e. The highest BCUT2D eigenvalue weighted by atomic mass is 32.2. The van der Waals surface area contributed by atoms with Gasteiger partial charge in [-0.1, -0.05) is 19.1 Å². The van der Waals surface area contributed by atoms with Crippen molar-refractivity contribution >= 4 is 15.9 Å². The van der Waals surface area contributed by atoms with Gasteiger partial charge in [-0.3, -0.25) is 4.79 Å². The van der Waals surface area contributed by atoms with Crippen molar-refractivity contribution in [2.45, 2.75) is 31.6 Å². The summed E-state index contributed by atoms with van der Waals surface area (Å²) in [5, 5.41) is 0. The van der Waals surface area contributed by atoms with Crippen molar-refractivity contribution < 1.29 is 17.9 Å². The number of hydrogen-bond acceptors (Lipinski definition) is 4. The minimum absolute atomic E-state index is 0.0763. The van der Waals surface area contributed by atoms with Crippen LogP contribution < -0.4 is 4.72 Å². The number of ether oxygens (including phenoxy) is 1. The number of hydrogen-bond donors (Lipinski definition) is 1. The number of rotatable bonds is 10. The molecule has 0 unspecified atom stereocenters. The van der Waals surface area contributed by atoms with Crippen molar-refractivity contribution in [1.82, 2.24) is 9.62 Å². The molecule has 0 aliphatic heterocycles. The molecule has 0 bridgehead atoms. The summed E-state index contributed by atoms with van der Waals surface area (Å²) in [5.41, 5.74) is 1.09. The number of aryl methyl sites for hydroxylation is 1. The van der Waals surface area contributed by atoms with Gasteiger partial charge in [-0.25, -0.2) is 13.1 Å². The zero-order valence-electron chi connectivity index (χ0n) is 14.0. The Hall–Kier alpha value is -1.44. The number of carbonyl (C=O) groups excluding carboxylic acids is 1. The van der Waals surface area contributed by atoms with Crippen molar-refractivity contribution in [3.05, 3.63) is 29.8 Å². The largest absolute Gasteiger partial charge is 0.385 e. The Kier molecular flexibility index (Phi) is 8.22. The molecule has 1 aromatic rings. The molecule has 130 valence electrons. The number of amides is 1. The predicted molar refractivity (Wildman–Crippen MR) is 89.8 cm³/mol. The number of nitrogens with zero attached hydrogens (tertiary/aromatic N) is 1. The molecule has 0 atom stereocenters. The van der Waals surface area contributed by atoms with Gasteiger partial charge in [-0.2, -0.15) is 0 Å². The van der Waals surface area contributed by atoms with E-state index < -0.39 is 10.0 Å². The van der Waals surface area contributed by atoms with E-state index in [-0.39, 0.29) is 17.3 Å². The molecule has 0 fully saturated rings. The van der Waals surface area contributed by atoms with Gasteiger partial charge in [0.05, 0.1) is 4.90 Å². The lowest BCUT2D eigenvalue weighted by Crippen LogP contribution is -2.38. The van der Waals surface area contributed by atoms with E-state index in [1.54, 1.807) is 36.3 Å². The van der Waals surface area contributed by atoms with Gasteiger partial charge in [0.1, 0.15) is 0 Å². The van der Waals surface area contributed by atoms with Gasteiger partial charge in [0.15, 0.2) is 0 Å². The summed E-state index contributed by atoms with van der Waals surface area (Å²) in [4.78, 5) is 13.4. The van der Waals surface area contributed by atoms with Crippen LogP contribution in [0, 0.1) is 0 Å². The lowest BCUT2D eigenvalue weighted by molar-refractivity contribution is -0.128. The van der Waals surface area contributed by atoms with Crippen LogP contribution in [0.4, 0.5) is 0 Å². The highest BCUT2D eigenvalue weighted by molar-refractivity contribution is 7.89. The van der Waals surface area contributed by atoms with Crippen LogP contribution in [0.2, 0.25) is 0 Å². The molecule has 0 heterocycles. The highest BCUT2D eigenvalue weighted by Gasteiger charge is 2.15. The third-order valence-corrected chi connectivity index (χ3v) is 5.01. The van der Waals surface area contributed by atoms with Crippen LogP contribution in [0.25, 0.3) is 0 Å². The van der Waals surface area contributed by atoms with E-state index in [1.165, 1.54) is 6.92 Å². The fraction of sp³-hybridized carbons (Fsp3) is 0.562. The van der Waals surface area contributed by atoms with Crippen LogP contribution in [0.15, 0.2) is 29.2 Å². The van der Waals surface area contributed by atoms with E-state index in [4.69, 9.17) is 4.74 Å². The highest BCUT2D eigenvalue weighted by Crippen LogP contribution is 2.10. The van der Waals surface area contributed by atoms with Crippen molar-refractivity contribution in [1.29, 1.82) is 0 Å². The van der Waals surface area contributed by atoms with Crippen molar-refractivity contribution in [2.24, 2.45) is 0 Å². The molecule has 0 radical (unpaired) electrons. The Labute approximate surface area is 138 Å². The maximum Gasteiger partial charge on any atom is 0.240 e. The van der Waals surface area contributed by atoms with E-state index in [2.05, 4.69) is 4.72 Å². The summed E-state index contributed by atoms with van der Waals surface area (Å²) in [5.74, 6) is -0.0763. The number of nitrogens with one attached hydrogen (secondary N) is 1. The standard InChI is InChI=1S/C16H26N2O4S/c1-4-15-6-8-16(9-7-15)23(20,21)17-10-12-18(14(2)19)11-5-13-22-3/h6-9,17H,4-5,10-13H2,1-3H3. The Bertz CT molecular complexity index is 585. The summed E-state index contributed by atoms with van der Waals surface area (Å²) in [6.45, 7) is 5.14. The summed E-state index contributed by atoms with van der Waals surface area (Å²) in [6, 6.07) is 6.81. The van der Waals surface area contributed by atoms with Gasteiger partial charge in [0, 0.05) is 40.3 Å².